The molecular formula is C13H15FN2. The van der Waals surface area contributed by atoms with Crippen LogP contribution in [0.4, 0.5) is 4.39 Å². The Bertz CT molecular complexity index is 405. The van der Waals surface area contributed by atoms with Crippen molar-refractivity contribution in [3.8, 4) is 6.07 Å². The Balaban J connectivity index is 2.74. The lowest BCUT2D eigenvalue weighted by atomic mass is 10.1. The fraction of sp³-hybridized carbons (Fsp3) is 0.308. The zero-order valence-electron chi connectivity index (χ0n) is 9.33. The molecule has 0 aromatic heterocycles. The number of hydrogen-bond donors (Lipinski definition) is 1. The Morgan fingerprint density at radius 2 is 2.31 bits per heavy atom. The topological polar surface area (TPSA) is 35.8 Å². The normalized spacial score (nSPS) is 10.6. The minimum absolute atomic E-state index is 0.248. The first-order chi connectivity index (χ1) is 7.77. The monoisotopic (exact) mass is 218 g/mol. The van der Waals surface area contributed by atoms with E-state index in [1.165, 1.54) is 6.07 Å². The lowest BCUT2D eigenvalue weighted by Crippen LogP contribution is -2.05. The van der Waals surface area contributed by atoms with Gasteiger partial charge in [-0.3, -0.25) is 0 Å². The smallest absolute Gasteiger partial charge is 0.130 e. The Hall–Kier alpha value is -1.66. The number of rotatable bonds is 5. The van der Waals surface area contributed by atoms with Gasteiger partial charge in [0.25, 0.3) is 0 Å². The molecule has 0 spiro atoms. The van der Waals surface area contributed by atoms with Crippen molar-refractivity contribution in [2.24, 2.45) is 0 Å². The fourth-order valence-electron chi connectivity index (χ4n) is 1.36. The van der Waals surface area contributed by atoms with Gasteiger partial charge < -0.3 is 5.32 Å². The summed E-state index contributed by atoms with van der Waals surface area (Å²) in [6.45, 7) is 0.871. The van der Waals surface area contributed by atoms with Crippen LogP contribution in [0.15, 0.2) is 24.3 Å². The van der Waals surface area contributed by atoms with Gasteiger partial charge in [0.1, 0.15) is 5.82 Å². The largest absolute Gasteiger partial charge is 0.319 e. The van der Waals surface area contributed by atoms with E-state index < -0.39 is 0 Å². The van der Waals surface area contributed by atoms with Crippen LogP contribution in [-0.2, 0) is 6.42 Å². The van der Waals surface area contributed by atoms with Gasteiger partial charge in [-0.2, -0.15) is 5.26 Å². The van der Waals surface area contributed by atoms with Gasteiger partial charge in [-0.25, -0.2) is 4.39 Å². The van der Waals surface area contributed by atoms with Gasteiger partial charge in [0.05, 0.1) is 12.5 Å². The van der Waals surface area contributed by atoms with E-state index in [0.717, 1.165) is 18.5 Å². The van der Waals surface area contributed by atoms with E-state index in [-0.39, 0.29) is 5.82 Å². The van der Waals surface area contributed by atoms with E-state index in [2.05, 4.69) is 11.4 Å². The van der Waals surface area contributed by atoms with E-state index in [9.17, 15) is 4.39 Å². The quantitative estimate of drug-likeness (QED) is 0.771. The number of hydrogen-bond acceptors (Lipinski definition) is 2. The third-order valence-electron chi connectivity index (χ3n) is 2.20. The second kappa shape index (κ2) is 6.76. The van der Waals surface area contributed by atoms with Crippen LogP contribution in [0.25, 0.3) is 6.08 Å². The molecule has 0 fully saturated rings. The van der Waals surface area contributed by atoms with Crippen LogP contribution in [0.3, 0.4) is 0 Å². The Morgan fingerprint density at radius 1 is 1.50 bits per heavy atom. The molecule has 0 saturated heterocycles. The van der Waals surface area contributed by atoms with Crippen molar-refractivity contribution in [1.82, 2.24) is 5.32 Å². The van der Waals surface area contributed by atoms with Gasteiger partial charge in [0.2, 0.25) is 0 Å². The van der Waals surface area contributed by atoms with E-state index >= 15 is 0 Å². The summed E-state index contributed by atoms with van der Waals surface area (Å²) in [5.74, 6) is -0.248. The predicted octanol–water partition coefficient (Wildman–Crippen LogP) is 2.51. The van der Waals surface area contributed by atoms with Gasteiger partial charge >= 0.3 is 0 Å². The summed E-state index contributed by atoms with van der Waals surface area (Å²) in [7, 11) is 1.88. The zero-order chi connectivity index (χ0) is 11.8. The molecule has 0 aliphatic rings. The molecule has 3 heteroatoms. The first kappa shape index (κ1) is 12.4. The summed E-state index contributed by atoms with van der Waals surface area (Å²) in [5, 5.41) is 11.6. The third kappa shape index (κ3) is 3.84. The molecule has 0 heterocycles. The zero-order valence-corrected chi connectivity index (χ0v) is 9.33. The molecule has 0 radical (unpaired) electrons. The van der Waals surface area contributed by atoms with Crippen LogP contribution < -0.4 is 5.32 Å². The molecule has 84 valence electrons. The fourth-order valence-corrected chi connectivity index (χ4v) is 1.36. The van der Waals surface area contributed by atoms with Crippen LogP contribution in [0.2, 0.25) is 0 Å². The van der Waals surface area contributed by atoms with Crippen molar-refractivity contribution in [2.45, 2.75) is 12.8 Å². The number of nitrogens with one attached hydrogen (secondary N) is 1. The summed E-state index contributed by atoms with van der Waals surface area (Å²) < 4.78 is 13.4. The molecular weight excluding hydrogens is 203 g/mol. The highest BCUT2D eigenvalue weighted by Crippen LogP contribution is 2.13. The molecule has 1 aromatic rings. The molecule has 16 heavy (non-hydrogen) atoms. The third-order valence-corrected chi connectivity index (χ3v) is 2.20. The molecule has 0 atom stereocenters. The highest BCUT2D eigenvalue weighted by molar-refractivity contribution is 5.51. The minimum Gasteiger partial charge on any atom is -0.319 e. The Morgan fingerprint density at radius 3 is 3.00 bits per heavy atom. The van der Waals surface area contributed by atoms with Crippen LogP contribution >= 0.6 is 0 Å². The SMILES string of the molecule is CNCCC=Cc1cc(CC#N)ccc1F. The predicted molar refractivity (Wildman–Crippen MR) is 63.3 cm³/mol. The number of nitrogens with zero attached hydrogens (tertiary/aromatic N) is 1. The van der Waals surface area contributed by atoms with Gasteiger partial charge in [0.15, 0.2) is 0 Å². The molecule has 1 N–H and O–H groups in total. The Labute approximate surface area is 95.4 Å². The summed E-state index contributed by atoms with van der Waals surface area (Å²) in [6.07, 6.45) is 4.86. The molecule has 0 amide bonds. The molecule has 1 aromatic carbocycles. The average Bonchev–Trinajstić information content (AvgIpc) is 2.29. The maximum Gasteiger partial charge on any atom is 0.130 e. The summed E-state index contributed by atoms with van der Waals surface area (Å²) in [4.78, 5) is 0. The van der Waals surface area contributed by atoms with E-state index in [4.69, 9.17) is 5.26 Å². The second-order valence-electron chi connectivity index (χ2n) is 3.49. The van der Waals surface area contributed by atoms with Gasteiger partial charge in [-0.15, -0.1) is 0 Å². The minimum atomic E-state index is -0.248. The van der Waals surface area contributed by atoms with Crippen molar-refractivity contribution in [3.05, 3.63) is 41.2 Å². The van der Waals surface area contributed by atoms with Crippen LogP contribution in [0.1, 0.15) is 17.5 Å². The lowest BCUT2D eigenvalue weighted by Gasteiger charge is -2.00. The molecule has 1 rings (SSSR count). The summed E-state index contributed by atoms with van der Waals surface area (Å²) in [6, 6.07) is 6.82. The first-order valence-corrected chi connectivity index (χ1v) is 5.24. The van der Waals surface area contributed by atoms with E-state index in [1.54, 1.807) is 18.2 Å². The van der Waals surface area contributed by atoms with Crippen molar-refractivity contribution in [1.29, 1.82) is 5.26 Å². The Kier molecular flexibility index (Phi) is 5.24. The first-order valence-electron chi connectivity index (χ1n) is 5.24. The molecule has 0 aliphatic heterocycles. The molecule has 0 bridgehead atoms. The van der Waals surface area contributed by atoms with E-state index in [0.29, 0.717) is 12.0 Å². The van der Waals surface area contributed by atoms with Crippen molar-refractivity contribution < 1.29 is 4.39 Å². The highest BCUT2D eigenvalue weighted by atomic mass is 19.1. The maximum absolute atomic E-state index is 13.4. The molecule has 2 nitrogen and oxygen atoms in total. The lowest BCUT2D eigenvalue weighted by molar-refractivity contribution is 0.624. The standard InChI is InChI=1S/C13H15FN2/c1-16-9-3-2-4-12-10-11(7-8-15)5-6-13(12)14/h2,4-6,10,16H,3,7,9H2,1H3. The highest BCUT2D eigenvalue weighted by Gasteiger charge is 2.00. The summed E-state index contributed by atoms with van der Waals surface area (Å²) in [5.41, 5.74) is 1.39. The second-order valence-corrected chi connectivity index (χ2v) is 3.49. The maximum atomic E-state index is 13.4. The molecule has 0 saturated carbocycles. The average molecular weight is 218 g/mol. The molecule has 0 unspecified atom stereocenters. The number of halogens is 1. The summed E-state index contributed by atoms with van der Waals surface area (Å²) >= 11 is 0. The van der Waals surface area contributed by atoms with Crippen molar-refractivity contribution in [2.75, 3.05) is 13.6 Å². The van der Waals surface area contributed by atoms with Gasteiger partial charge in [0, 0.05) is 5.56 Å². The van der Waals surface area contributed by atoms with Crippen LogP contribution in [0.5, 0.6) is 0 Å². The van der Waals surface area contributed by atoms with Crippen molar-refractivity contribution >= 4 is 6.08 Å². The van der Waals surface area contributed by atoms with Crippen LogP contribution in [0, 0.1) is 17.1 Å². The van der Waals surface area contributed by atoms with E-state index in [1.807, 2.05) is 13.1 Å². The number of nitriles is 1. The van der Waals surface area contributed by atoms with Gasteiger partial charge in [-0.05, 0) is 37.7 Å². The number of benzene rings is 1. The van der Waals surface area contributed by atoms with Crippen molar-refractivity contribution in [3.63, 3.8) is 0 Å². The van der Waals surface area contributed by atoms with Crippen LogP contribution in [-0.4, -0.2) is 13.6 Å². The van der Waals surface area contributed by atoms with Gasteiger partial charge in [-0.1, -0.05) is 18.2 Å². The molecule has 0 aliphatic carbocycles.